The van der Waals surface area contributed by atoms with Gasteiger partial charge in [0.05, 0.1) is 6.42 Å². The van der Waals surface area contributed by atoms with Gasteiger partial charge in [-0.25, -0.2) is 4.79 Å². The summed E-state index contributed by atoms with van der Waals surface area (Å²) in [6.07, 6.45) is 2.89. The zero-order chi connectivity index (χ0) is 16.0. The monoisotopic (exact) mass is 304 g/mol. The van der Waals surface area contributed by atoms with Crippen molar-refractivity contribution in [3.63, 3.8) is 0 Å². The minimum absolute atomic E-state index is 0.0404. The van der Waals surface area contributed by atoms with Gasteiger partial charge in [-0.3, -0.25) is 4.79 Å². The maximum absolute atomic E-state index is 12.1. The summed E-state index contributed by atoms with van der Waals surface area (Å²) < 4.78 is 0. The molecule has 0 radical (unpaired) electrons. The number of rotatable bonds is 4. The Morgan fingerprint density at radius 2 is 1.95 bits per heavy atom. The molecular weight excluding hydrogens is 280 g/mol. The van der Waals surface area contributed by atoms with Crippen LogP contribution in [0.2, 0.25) is 0 Å². The van der Waals surface area contributed by atoms with E-state index < -0.39 is 5.97 Å². The highest BCUT2D eigenvalue weighted by atomic mass is 16.4. The molecule has 1 unspecified atom stereocenters. The van der Waals surface area contributed by atoms with Crippen LogP contribution in [0.1, 0.15) is 38.2 Å². The first-order valence-electron chi connectivity index (χ1n) is 7.81. The lowest BCUT2D eigenvalue weighted by Crippen LogP contribution is -2.41. The van der Waals surface area contributed by atoms with Crippen molar-refractivity contribution in [1.82, 2.24) is 10.2 Å². The highest BCUT2D eigenvalue weighted by Gasteiger charge is 2.30. The van der Waals surface area contributed by atoms with Gasteiger partial charge in [-0.1, -0.05) is 37.3 Å². The molecule has 1 aliphatic rings. The third kappa shape index (κ3) is 4.23. The molecule has 1 heterocycles. The second kappa shape index (κ2) is 7.29. The lowest BCUT2D eigenvalue weighted by molar-refractivity contribution is -0.136. The molecule has 1 aromatic carbocycles. The highest BCUT2D eigenvalue weighted by Crippen LogP contribution is 2.34. The normalized spacial score (nSPS) is 22.0. The Morgan fingerprint density at radius 1 is 1.23 bits per heavy atom. The second-order valence-electron chi connectivity index (χ2n) is 6.14. The molecule has 0 saturated carbocycles. The Balaban J connectivity index is 1.92. The van der Waals surface area contributed by atoms with Crippen LogP contribution in [0.25, 0.3) is 0 Å². The van der Waals surface area contributed by atoms with Crippen LogP contribution in [0, 0.1) is 0 Å². The number of hydrogen-bond acceptors (Lipinski definition) is 2. The van der Waals surface area contributed by atoms with Crippen LogP contribution in [0.4, 0.5) is 4.79 Å². The maximum Gasteiger partial charge on any atom is 0.317 e. The maximum atomic E-state index is 12.1. The predicted molar refractivity (Wildman–Crippen MR) is 84.9 cm³/mol. The van der Waals surface area contributed by atoms with Crippen LogP contribution in [-0.2, 0) is 10.2 Å². The van der Waals surface area contributed by atoms with E-state index in [-0.39, 0.29) is 24.4 Å². The summed E-state index contributed by atoms with van der Waals surface area (Å²) in [6, 6.07) is 10.3. The van der Waals surface area contributed by atoms with Gasteiger partial charge in [0.25, 0.3) is 0 Å². The van der Waals surface area contributed by atoms with Gasteiger partial charge in [0.1, 0.15) is 0 Å². The Hall–Kier alpha value is -2.04. The van der Waals surface area contributed by atoms with Gasteiger partial charge in [-0.05, 0) is 30.2 Å². The number of carboxylic acid groups (broad SMARTS) is 1. The van der Waals surface area contributed by atoms with Gasteiger partial charge in [-0.2, -0.15) is 0 Å². The van der Waals surface area contributed by atoms with Crippen molar-refractivity contribution in [2.24, 2.45) is 0 Å². The summed E-state index contributed by atoms with van der Waals surface area (Å²) in [5.74, 6) is -0.896. The topological polar surface area (TPSA) is 69.6 Å². The van der Waals surface area contributed by atoms with Crippen LogP contribution < -0.4 is 5.32 Å². The highest BCUT2D eigenvalue weighted by molar-refractivity contribution is 5.75. The molecule has 2 rings (SSSR count). The van der Waals surface area contributed by atoms with E-state index in [0.29, 0.717) is 6.54 Å². The van der Waals surface area contributed by atoms with Crippen LogP contribution in [0.5, 0.6) is 0 Å². The van der Waals surface area contributed by atoms with Gasteiger partial charge < -0.3 is 15.3 Å². The minimum Gasteiger partial charge on any atom is -0.481 e. The van der Waals surface area contributed by atoms with E-state index in [4.69, 9.17) is 5.11 Å². The van der Waals surface area contributed by atoms with E-state index in [2.05, 4.69) is 36.5 Å². The summed E-state index contributed by atoms with van der Waals surface area (Å²) in [5.41, 5.74) is 1.42. The quantitative estimate of drug-likeness (QED) is 0.898. The Morgan fingerprint density at radius 3 is 2.64 bits per heavy atom. The number of carboxylic acids is 1. The van der Waals surface area contributed by atoms with Crippen LogP contribution in [0.15, 0.2) is 30.3 Å². The van der Waals surface area contributed by atoms with E-state index in [1.165, 1.54) is 5.56 Å². The molecule has 5 heteroatoms. The number of aliphatic carboxylic acids is 1. The summed E-state index contributed by atoms with van der Waals surface area (Å²) in [5, 5.41) is 11.3. The average Bonchev–Trinajstić information content (AvgIpc) is 2.71. The molecule has 0 aromatic heterocycles. The summed E-state index contributed by atoms with van der Waals surface area (Å²) in [7, 11) is 0. The Bertz CT molecular complexity index is 518. The van der Waals surface area contributed by atoms with Gasteiger partial charge in [-0.15, -0.1) is 0 Å². The molecule has 120 valence electrons. The molecule has 0 spiro atoms. The molecule has 0 aliphatic carbocycles. The van der Waals surface area contributed by atoms with Crippen LogP contribution in [-0.4, -0.2) is 41.6 Å². The molecule has 2 N–H and O–H groups in total. The van der Waals surface area contributed by atoms with Gasteiger partial charge in [0.15, 0.2) is 0 Å². The zero-order valence-corrected chi connectivity index (χ0v) is 13.0. The number of carbonyl (C=O) groups excluding carboxylic acids is 1. The van der Waals surface area contributed by atoms with Crippen molar-refractivity contribution in [2.45, 2.75) is 38.0 Å². The van der Waals surface area contributed by atoms with Crippen molar-refractivity contribution in [3.8, 4) is 0 Å². The van der Waals surface area contributed by atoms with Gasteiger partial charge in [0, 0.05) is 19.6 Å². The van der Waals surface area contributed by atoms with Crippen molar-refractivity contribution in [2.75, 3.05) is 19.6 Å². The molecular formula is C17H24N2O3. The number of likely N-dealkylation sites (tertiary alicyclic amines) is 1. The molecule has 1 fully saturated rings. The first-order chi connectivity index (χ1) is 10.5. The van der Waals surface area contributed by atoms with Gasteiger partial charge in [0.2, 0.25) is 0 Å². The number of urea groups is 1. The number of benzene rings is 1. The summed E-state index contributed by atoms with van der Waals surface area (Å²) >= 11 is 0. The number of hydrogen-bond donors (Lipinski definition) is 2. The van der Waals surface area contributed by atoms with E-state index in [1.807, 2.05) is 6.07 Å². The standard InChI is InChI=1S/C17H24N2O3/c1-17(14-6-3-2-4-7-14)9-5-12-19(13-10-17)16(22)18-11-8-15(20)21/h2-4,6-7H,5,8-13H2,1H3,(H,18,22)(H,20,21). The Labute approximate surface area is 131 Å². The third-order valence-corrected chi connectivity index (χ3v) is 4.46. The van der Waals surface area contributed by atoms with Crippen molar-refractivity contribution in [3.05, 3.63) is 35.9 Å². The number of amides is 2. The first-order valence-corrected chi connectivity index (χ1v) is 7.81. The summed E-state index contributed by atoms with van der Waals surface area (Å²) in [4.78, 5) is 24.4. The van der Waals surface area contributed by atoms with E-state index in [9.17, 15) is 9.59 Å². The second-order valence-corrected chi connectivity index (χ2v) is 6.14. The molecule has 1 aliphatic heterocycles. The number of carbonyl (C=O) groups is 2. The predicted octanol–water partition coefficient (Wildman–Crippen LogP) is 2.61. The SMILES string of the molecule is CC1(c2ccccc2)CCCN(C(=O)NCCC(=O)O)CC1. The smallest absolute Gasteiger partial charge is 0.317 e. The molecule has 1 atom stereocenters. The van der Waals surface area contributed by atoms with Crippen molar-refractivity contribution < 1.29 is 14.7 Å². The molecule has 1 saturated heterocycles. The van der Waals surface area contributed by atoms with Crippen LogP contribution >= 0.6 is 0 Å². The Kier molecular flexibility index (Phi) is 5.41. The van der Waals surface area contributed by atoms with Crippen molar-refractivity contribution in [1.29, 1.82) is 0 Å². The lowest BCUT2D eigenvalue weighted by Gasteiger charge is -2.29. The van der Waals surface area contributed by atoms with E-state index in [0.717, 1.165) is 25.8 Å². The number of nitrogens with one attached hydrogen (secondary N) is 1. The van der Waals surface area contributed by atoms with Gasteiger partial charge >= 0.3 is 12.0 Å². The summed E-state index contributed by atoms with van der Waals surface area (Å²) in [6.45, 7) is 3.86. The van der Waals surface area contributed by atoms with E-state index >= 15 is 0 Å². The molecule has 2 amide bonds. The fourth-order valence-electron chi connectivity index (χ4n) is 3.00. The lowest BCUT2D eigenvalue weighted by atomic mass is 9.76. The largest absolute Gasteiger partial charge is 0.481 e. The first kappa shape index (κ1) is 16.3. The third-order valence-electron chi connectivity index (χ3n) is 4.46. The van der Waals surface area contributed by atoms with E-state index in [1.54, 1.807) is 4.90 Å². The molecule has 0 bridgehead atoms. The average molecular weight is 304 g/mol. The zero-order valence-electron chi connectivity index (χ0n) is 13.0. The van der Waals surface area contributed by atoms with Crippen molar-refractivity contribution >= 4 is 12.0 Å². The molecule has 1 aromatic rings. The minimum atomic E-state index is -0.896. The fraction of sp³-hybridized carbons (Fsp3) is 0.529. The number of nitrogens with zero attached hydrogens (tertiary/aromatic N) is 1. The van der Waals surface area contributed by atoms with Crippen LogP contribution in [0.3, 0.4) is 0 Å². The molecule has 5 nitrogen and oxygen atoms in total. The fourth-order valence-corrected chi connectivity index (χ4v) is 3.00. The molecule has 22 heavy (non-hydrogen) atoms.